The predicted octanol–water partition coefficient (Wildman–Crippen LogP) is 1.04. The molecule has 0 aromatic carbocycles. The van der Waals surface area contributed by atoms with Crippen LogP contribution in [0.25, 0.3) is 0 Å². The maximum absolute atomic E-state index is 12.8. The number of hydrogen-bond donors (Lipinski definition) is 1. The lowest BCUT2D eigenvalue weighted by molar-refractivity contribution is -0.308. The molecule has 2 N–H and O–H groups in total. The third-order valence-electron chi connectivity index (χ3n) is 2.62. The van der Waals surface area contributed by atoms with E-state index in [1.807, 2.05) is 0 Å². The zero-order valence-corrected chi connectivity index (χ0v) is 9.24. The normalized spacial score (nSPS) is 27.4. The van der Waals surface area contributed by atoms with Crippen molar-refractivity contribution in [1.29, 1.82) is 0 Å². The standard InChI is InChI=1S/C8H13F4NO2S/c9-7(10)4-6(8(7,11)12)5-16(14,15)3-1-2-13/h6H,1-5,13H2. The first kappa shape index (κ1) is 13.7. The fraction of sp³-hybridized carbons (Fsp3) is 1.00. The van der Waals surface area contributed by atoms with Crippen LogP contribution in [0.5, 0.6) is 0 Å². The van der Waals surface area contributed by atoms with Crippen LogP contribution in [-0.2, 0) is 9.84 Å². The van der Waals surface area contributed by atoms with Gasteiger partial charge in [-0.15, -0.1) is 0 Å². The van der Waals surface area contributed by atoms with E-state index in [9.17, 15) is 26.0 Å². The first-order chi connectivity index (χ1) is 7.12. The topological polar surface area (TPSA) is 60.2 Å². The van der Waals surface area contributed by atoms with Gasteiger partial charge >= 0.3 is 11.8 Å². The van der Waals surface area contributed by atoms with Crippen LogP contribution in [0, 0.1) is 5.92 Å². The van der Waals surface area contributed by atoms with Crippen molar-refractivity contribution < 1.29 is 26.0 Å². The van der Waals surface area contributed by atoms with Crippen LogP contribution < -0.4 is 5.73 Å². The highest BCUT2D eigenvalue weighted by molar-refractivity contribution is 7.91. The van der Waals surface area contributed by atoms with Crippen LogP contribution in [0.1, 0.15) is 12.8 Å². The Morgan fingerprint density at radius 2 is 1.81 bits per heavy atom. The van der Waals surface area contributed by atoms with Gasteiger partial charge in [0.15, 0.2) is 9.84 Å². The van der Waals surface area contributed by atoms with Crippen molar-refractivity contribution in [2.24, 2.45) is 11.7 Å². The van der Waals surface area contributed by atoms with E-state index in [2.05, 4.69) is 0 Å². The summed E-state index contributed by atoms with van der Waals surface area (Å²) in [6.07, 6.45) is -0.918. The largest absolute Gasteiger partial charge is 0.330 e. The number of alkyl halides is 4. The summed E-state index contributed by atoms with van der Waals surface area (Å²) in [7, 11) is -3.72. The zero-order valence-electron chi connectivity index (χ0n) is 8.43. The van der Waals surface area contributed by atoms with E-state index in [1.165, 1.54) is 0 Å². The Balaban J connectivity index is 2.58. The van der Waals surface area contributed by atoms with Gasteiger partial charge in [0.25, 0.3) is 0 Å². The molecule has 0 heterocycles. The van der Waals surface area contributed by atoms with Gasteiger partial charge in [-0.2, -0.15) is 17.6 Å². The SMILES string of the molecule is NCCCS(=O)(=O)CC1CC(F)(F)C1(F)F. The van der Waals surface area contributed by atoms with Gasteiger partial charge in [-0.25, -0.2) is 8.42 Å². The summed E-state index contributed by atoms with van der Waals surface area (Å²) in [5.41, 5.74) is 5.08. The first-order valence-corrected chi connectivity index (χ1v) is 6.60. The molecule has 1 fully saturated rings. The summed E-state index contributed by atoms with van der Waals surface area (Å²) in [6, 6.07) is 0. The molecule has 96 valence electrons. The highest BCUT2D eigenvalue weighted by atomic mass is 32.2. The summed E-state index contributed by atoms with van der Waals surface area (Å²) in [5.74, 6) is -11.3. The number of rotatable bonds is 5. The van der Waals surface area contributed by atoms with Crippen LogP contribution in [0.2, 0.25) is 0 Å². The maximum Gasteiger partial charge on any atom is 0.314 e. The summed E-state index contributed by atoms with van der Waals surface area (Å²) in [6.45, 7) is 0.121. The van der Waals surface area contributed by atoms with Crippen molar-refractivity contribution in [2.45, 2.75) is 24.7 Å². The van der Waals surface area contributed by atoms with E-state index in [-0.39, 0.29) is 18.7 Å². The second kappa shape index (κ2) is 4.14. The van der Waals surface area contributed by atoms with Crippen molar-refractivity contribution >= 4 is 9.84 Å². The highest BCUT2D eigenvalue weighted by Crippen LogP contribution is 2.55. The van der Waals surface area contributed by atoms with E-state index in [0.29, 0.717) is 0 Å². The number of nitrogens with two attached hydrogens (primary N) is 1. The fourth-order valence-corrected chi connectivity index (χ4v) is 3.31. The molecule has 1 aliphatic rings. The van der Waals surface area contributed by atoms with Gasteiger partial charge in [-0.3, -0.25) is 0 Å². The minimum absolute atomic E-state index is 0.121. The molecule has 0 spiro atoms. The molecule has 0 radical (unpaired) electrons. The van der Waals surface area contributed by atoms with Gasteiger partial charge in [0.2, 0.25) is 0 Å². The molecular weight excluding hydrogens is 250 g/mol. The smallest absolute Gasteiger partial charge is 0.314 e. The Labute approximate surface area is 90.9 Å². The molecule has 0 saturated heterocycles. The number of sulfone groups is 1. The van der Waals surface area contributed by atoms with E-state index in [0.717, 1.165) is 0 Å². The minimum atomic E-state index is -4.21. The molecule has 3 nitrogen and oxygen atoms in total. The van der Waals surface area contributed by atoms with Gasteiger partial charge in [0, 0.05) is 12.3 Å². The van der Waals surface area contributed by atoms with E-state index < -0.39 is 39.8 Å². The quantitative estimate of drug-likeness (QED) is 0.754. The van der Waals surface area contributed by atoms with Crippen LogP contribution in [0.4, 0.5) is 17.6 Å². The van der Waals surface area contributed by atoms with Crippen LogP contribution in [0.15, 0.2) is 0 Å². The Bertz CT molecular complexity index is 355. The van der Waals surface area contributed by atoms with Crippen LogP contribution >= 0.6 is 0 Å². The molecule has 1 saturated carbocycles. The molecule has 1 rings (SSSR count). The lowest BCUT2D eigenvalue weighted by Crippen LogP contribution is -2.60. The predicted molar refractivity (Wildman–Crippen MR) is 50.3 cm³/mol. The molecule has 1 unspecified atom stereocenters. The molecular formula is C8H13F4NO2S. The van der Waals surface area contributed by atoms with Crippen LogP contribution in [-0.4, -0.2) is 38.3 Å². The van der Waals surface area contributed by atoms with Gasteiger partial charge in [0.1, 0.15) is 0 Å². The summed E-state index contributed by atoms with van der Waals surface area (Å²) in [4.78, 5) is 0. The Kier molecular flexibility index (Phi) is 3.54. The monoisotopic (exact) mass is 263 g/mol. The Hall–Kier alpha value is -0.370. The molecule has 1 aliphatic carbocycles. The van der Waals surface area contributed by atoms with Gasteiger partial charge < -0.3 is 5.73 Å². The van der Waals surface area contributed by atoms with Crippen molar-refractivity contribution in [3.8, 4) is 0 Å². The lowest BCUT2D eigenvalue weighted by atomic mass is 9.78. The van der Waals surface area contributed by atoms with Crippen molar-refractivity contribution in [1.82, 2.24) is 0 Å². The summed E-state index contributed by atoms with van der Waals surface area (Å²) in [5, 5.41) is 0. The van der Waals surface area contributed by atoms with Crippen LogP contribution in [0.3, 0.4) is 0 Å². The van der Waals surface area contributed by atoms with Gasteiger partial charge in [-0.05, 0) is 13.0 Å². The Morgan fingerprint density at radius 3 is 2.19 bits per heavy atom. The first-order valence-electron chi connectivity index (χ1n) is 4.78. The summed E-state index contributed by atoms with van der Waals surface area (Å²) >= 11 is 0. The molecule has 0 bridgehead atoms. The number of hydrogen-bond acceptors (Lipinski definition) is 3. The van der Waals surface area contributed by atoms with Crippen molar-refractivity contribution in [3.63, 3.8) is 0 Å². The van der Waals surface area contributed by atoms with Crippen molar-refractivity contribution in [2.75, 3.05) is 18.1 Å². The van der Waals surface area contributed by atoms with Crippen molar-refractivity contribution in [3.05, 3.63) is 0 Å². The third kappa shape index (κ3) is 2.48. The lowest BCUT2D eigenvalue weighted by Gasteiger charge is -2.43. The molecule has 0 aliphatic heterocycles. The maximum atomic E-state index is 12.8. The molecule has 0 aromatic rings. The zero-order chi connectivity index (χ0) is 12.6. The highest BCUT2D eigenvalue weighted by Gasteiger charge is 2.71. The third-order valence-corrected chi connectivity index (χ3v) is 4.44. The Morgan fingerprint density at radius 1 is 1.25 bits per heavy atom. The van der Waals surface area contributed by atoms with E-state index in [1.54, 1.807) is 0 Å². The average Bonchev–Trinajstić information content (AvgIpc) is 2.13. The molecule has 0 aromatic heterocycles. The minimum Gasteiger partial charge on any atom is -0.330 e. The van der Waals surface area contributed by atoms with Gasteiger partial charge in [0.05, 0.1) is 11.5 Å². The second-order valence-corrected chi connectivity index (χ2v) is 6.21. The van der Waals surface area contributed by atoms with Gasteiger partial charge in [-0.1, -0.05) is 0 Å². The van der Waals surface area contributed by atoms with E-state index >= 15 is 0 Å². The molecule has 0 amide bonds. The molecule has 1 atom stereocenters. The molecule has 8 heteroatoms. The van der Waals surface area contributed by atoms with E-state index in [4.69, 9.17) is 5.73 Å². The summed E-state index contributed by atoms with van der Waals surface area (Å²) < 4.78 is 73.0. The fourth-order valence-electron chi connectivity index (χ4n) is 1.60. The second-order valence-electron chi connectivity index (χ2n) is 3.99. The molecule has 16 heavy (non-hydrogen) atoms. The number of halogens is 4. The average molecular weight is 263 g/mol.